The van der Waals surface area contributed by atoms with E-state index < -0.39 is 17.6 Å². The maximum Gasteiger partial charge on any atom is 0.261 e. The number of hydrogen-bond donors (Lipinski definition) is 0. The van der Waals surface area contributed by atoms with Crippen molar-refractivity contribution >= 4 is 33.4 Å². The molecule has 2 aliphatic rings. The van der Waals surface area contributed by atoms with Crippen LogP contribution in [0, 0.1) is 5.82 Å². The Balaban J connectivity index is 2.06. The van der Waals surface area contributed by atoms with Gasteiger partial charge in [0.1, 0.15) is 11.6 Å². The molecule has 21 heavy (non-hydrogen) atoms. The number of imide groups is 1. The molecule has 1 heterocycles. The fourth-order valence-electron chi connectivity index (χ4n) is 2.80. The first kappa shape index (κ1) is 14.3. The number of carbonyl (C=O) groups excluding carboxylic acids is 2. The molecule has 4 nitrogen and oxygen atoms in total. The lowest BCUT2D eigenvalue weighted by atomic mass is 9.93. The van der Waals surface area contributed by atoms with Gasteiger partial charge in [-0.15, -0.1) is 0 Å². The van der Waals surface area contributed by atoms with Crippen molar-refractivity contribution in [3.05, 3.63) is 33.6 Å². The molecule has 3 rings (SSSR count). The predicted molar refractivity (Wildman–Crippen MR) is 78.6 cm³/mol. The first-order valence-electron chi connectivity index (χ1n) is 6.68. The van der Waals surface area contributed by atoms with Crippen LogP contribution in [0.25, 0.3) is 0 Å². The molecule has 0 spiro atoms. The summed E-state index contributed by atoms with van der Waals surface area (Å²) in [5, 5.41) is 0. The van der Waals surface area contributed by atoms with Gasteiger partial charge in [-0.05, 0) is 47.7 Å². The second-order valence-corrected chi connectivity index (χ2v) is 5.90. The number of methoxy groups -OCH3 is 1. The van der Waals surface area contributed by atoms with Crippen LogP contribution in [-0.2, 0) is 9.59 Å². The van der Waals surface area contributed by atoms with E-state index in [9.17, 15) is 14.0 Å². The number of carbonyl (C=O) groups is 2. The number of hydrogen-bond acceptors (Lipinski definition) is 3. The molecule has 1 aromatic rings. The molecule has 0 radical (unpaired) electrons. The van der Waals surface area contributed by atoms with Crippen LogP contribution in [0.2, 0.25) is 0 Å². The largest absolute Gasteiger partial charge is 0.495 e. The molecule has 6 heteroatoms. The average Bonchev–Trinajstić information content (AvgIpc) is 2.72. The Hall–Kier alpha value is -1.69. The van der Waals surface area contributed by atoms with Crippen LogP contribution in [-0.4, -0.2) is 18.9 Å². The summed E-state index contributed by atoms with van der Waals surface area (Å²) in [6, 6.07) is 2.57. The highest BCUT2D eigenvalue weighted by Crippen LogP contribution is 2.39. The SMILES string of the molecule is COc1cc(N2C(=O)C3=C(CCCC3)C2=O)c(F)cc1Br. The molecule has 0 fully saturated rings. The number of ether oxygens (including phenoxy) is 1. The summed E-state index contributed by atoms with van der Waals surface area (Å²) >= 11 is 3.18. The van der Waals surface area contributed by atoms with Gasteiger partial charge in [0.2, 0.25) is 0 Å². The van der Waals surface area contributed by atoms with E-state index in [1.165, 1.54) is 19.2 Å². The van der Waals surface area contributed by atoms with Crippen LogP contribution in [0.5, 0.6) is 5.75 Å². The molecule has 1 aliphatic heterocycles. The van der Waals surface area contributed by atoms with Crippen LogP contribution >= 0.6 is 15.9 Å². The highest BCUT2D eigenvalue weighted by molar-refractivity contribution is 9.10. The van der Waals surface area contributed by atoms with Crippen molar-refractivity contribution in [1.82, 2.24) is 0 Å². The van der Waals surface area contributed by atoms with Gasteiger partial charge in [0.25, 0.3) is 11.8 Å². The molecule has 0 unspecified atom stereocenters. The van der Waals surface area contributed by atoms with Gasteiger partial charge in [0.05, 0.1) is 17.3 Å². The third-order valence-electron chi connectivity index (χ3n) is 3.85. The van der Waals surface area contributed by atoms with E-state index in [0.717, 1.165) is 17.7 Å². The highest BCUT2D eigenvalue weighted by atomic mass is 79.9. The minimum Gasteiger partial charge on any atom is -0.495 e. The van der Waals surface area contributed by atoms with Gasteiger partial charge in [-0.2, -0.15) is 0 Å². The Morgan fingerprint density at radius 3 is 2.24 bits per heavy atom. The smallest absolute Gasteiger partial charge is 0.261 e. The molecule has 0 saturated carbocycles. The summed E-state index contributed by atoms with van der Waals surface area (Å²) in [4.78, 5) is 25.8. The molecular formula is C15H13BrFNO3. The topological polar surface area (TPSA) is 46.6 Å². The zero-order valence-electron chi connectivity index (χ0n) is 11.4. The van der Waals surface area contributed by atoms with Gasteiger partial charge in [-0.25, -0.2) is 9.29 Å². The molecule has 0 N–H and O–H groups in total. The second kappa shape index (κ2) is 5.26. The first-order chi connectivity index (χ1) is 10.0. The molecular weight excluding hydrogens is 341 g/mol. The van der Waals surface area contributed by atoms with Crippen molar-refractivity contribution < 1.29 is 18.7 Å². The Bertz CT molecular complexity index is 656. The normalized spacial score (nSPS) is 18.3. The van der Waals surface area contributed by atoms with Gasteiger partial charge in [0.15, 0.2) is 0 Å². The van der Waals surface area contributed by atoms with Crippen LogP contribution in [0.3, 0.4) is 0 Å². The van der Waals surface area contributed by atoms with Gasteiger partial charge in [-0.1, -0.05) is 0 Å². The van der Waals surface area contributed by atoms with Crippen molar-refractivity contribution in [3.63, 3.8) is 0 Å². The van der Waals surface area contributed by atoms with Crippen molar-refractivity contribution in [1.29, 1.82) is 0 Å². The Morgan fingerprint density at radius 1 is 1.14 bits per heavy atom. The van der Waals surface area contributed by atoms with Crippen LogP contribution in [0.4, 0.5) is 10.1 Å². The van der Waals surface area contributed by atoms with E-state index in [1.54, 1.807) is 0 Å². The van der Waals surface area contributed by atoms with Gasteiger partial charge in [-0.3, -0.25) is 9.59 Å². The summed E-state index contributed by atoms with van der Waals surface area (Å²) in [5.41, 5.74) is 1.01. The molecule has 2 amide bonds. The van der Waals surface area contributed by atoms with Crippen LogP contribution in [0.15, 0.2) is 27.8 Å². The Kier molecular flexibility index (Phi) is 3.57. The Morgan fingerprint density at radius 2 is 1.71 bits per heavy atom. The lowest BCUT2D eigenvalue weighted by molar-refractivity contribution is -0.120. The summed E-state index contributed by atoms with van der Waals surface area (Å²) < 4.78 is 19.7. The van der Waals surface area contributed by atoms with E-state index in [-0.39, 0.29) is 5.69 Å². The lowest BCUT2D eigenvalue weighted by Gasteiger charge is -2.17. The monoisotopic (exact) mass is 353 g/mol. The number of anilines is 1. The van der Waals surface area contributed by atoms with Gasteiger partial charge < -0.3 is 4.74 Å². The number of halogens is 2. The highest BCUT2D eigenvalue weighted by Gasteiger charge is 2.41. The minimum atomic E-state index is -0.635. The van der Waals surface area contributed by atoms with Crippen molar-refractivity contribution in [2.24, 2.45) is 0 Å². The average molecular weight is 354 g/mol. The molecule has 0 saturated heterocycles. The zero-order chi connectivity index (χ0) is 15.1. The summed E-state index contributed by atoms with van der Waals surface area (Å²) in [6.07, 6.45) is 2.95. The standard InChI is InChI=1S/C15H13BrFNO3/c1-21-13-7-12(11(17)6-10(13)16)18-14(19)8-4-2-3-5-9(8)15(18)20/h6-7H,2-5H2,1H3. The molecule has 0 bridgehead atoms. The van der Waals surface area contributed by atoms with Crippen LogP contribution < -0.4 is 9.64 Å². The van der Waals surface area contributed by atoms with E-state index in [4.69, 9.17) is 4.74 Å². The number of nitrogens with zero attached hydrogens (tertiary/aromatic N) is 1. The lowest BCUT2D eigenvalue weighted by Crippen LogP contribution is -2.32. The van der Waals surface area contributed by atoms with Crippen molar-refractivity contribution in [3.8, 4) is 5.75 Å². The quantitative estimate of drug-likeness (QED) is 0.766. The Labute approximate surface area is 129 Å². The van der Waals surface area contributed by atoms with Gasteiger partial charge >= 0.3 is 0 Å². The fourth-order valence-corrected chi connectivity index (χ4v) is 3.28. The van der Waals surface area contributed by atoms with Crippen molar-refractivity contribution in [2.75, 3.05) is 12.0 Å². The summed E-state index contributed by atoms with van der Waals surface area (Å²) in [5.74, 6) is -1.07. The second-order valence-electron chi connectivity index (χ2n) is 5.05. The predicted octanol–water partition coefficient (Wildman–Crippen LogP) is 3.34. The molecule has 1 aromatic carbocycles. The fraction of sp³-hybridized carbons (Fsp3) is 0.333. The zero-order valence-corrected chi connectivity index (χ0v) is 13.0. The van der Waals surface area contributed by atoms with E-state index in [0.29, 0.717) is 34.2 Å². The molecule has 0 aromatic heterocycles. The maximum atomic E-state index is 14.2. The van der Waals surface area contributed by atoms with E-state index >= 15 is 0 Å². The third kappa shape index (κ3) is 2.18. The number of amides is 2. The molecule has 0 atom stereocenters. The maximum absolute atomic E-state index is 14.2. The minimum absolute atomic E-state index is 0.0561. The first-order valence-corrected chi connectivity index (χ1v) is 7.47. The van der Waals surface area contributed by atoms with Gasteiger partial charge in [0, 0.05) is 17.2 Å². The third-order valence-corrected chi connectivity index (χ3v) is 4.47. The van der Waals surface area contributed by atoms with E-state index in [1.807, 2.05) is 0 Å². The number of benzene rings is 1. The summed E-state index contributed by atoms with van der Waals surface area (Å²) in [6.45, 7) is 0. The van der Waals surface area contributed by atoms with Crippen LogP contribution in [0.1, 0.15) is 25.7 Å². The molecule has 110 valence electrons. The van der Waals surface area contributed by atoms with E-state index in [2.05, 4.69) is 15.9 Å². The van der Waals surface area contributed by atoms with Crippen molar-refractivity contribution in [2.45, 2.75) is 25.7 Å². The number of rotatable bonds is 2. The molecule has 1 aliphatic carbocycles. The summed E-state index contributed by atoms with van der Waals surface area (Å²) in [7, 11) is 1.44.